The number of fused-ring (bicyclic) bond motifs is 1. The molecule has 5 rings (SSSR count). The van der Waals surface area contributed by atoms with Crippen molar-refractivity contribution in [3.05, 3.63) is 30.4 Å². The highest BCUT2D eigenvalue weighted by Gasteiger charge is 2.50. The molecule has 176 valence electrons. The third-order valence-electron chi connectivity index (χ3n) is 6.65. The summed E-state index contributed by atoms with van der Waals surface area (Å²) in [5, 5.41) is 8.90. The summed E-state index contributed by atoms with van der Waals surface area (Å²) in [4.78, 5) is 19.2. The van der Waals surface area contributed by atoms with E-state index in [9.17, 15) is 4.79 Å². The lowest BCUT2D eigenvalue weighted by atomic mass is 9.75. The minimum absolute atomic E-state index is 0.0489. The van der Waals surface area contributed by atoms with Gasteiger partial charge in [0.2, 0.25) is 5.88 Å². The summed E-state index contributed by atoms with van der Waals surface area (Å²) in [6, 6.07) is 0.0489. The van der Waals surface area contributed by atoms with Crippen LogP contribution >= 0.6 is 0 Å². The van der Waals surface area contributed by atoms with Crippen molar-refractivity contribution < 1.29 is 14.3 Å². The molecule has 9 heteroatoms. The van der Waals surface area contributed by atoms with Gasteiger partial charge in [-0.1, -0.05) is 0 Å². The number of carbonyl (C=O) groups excluding carboxylic acids is 1. The summed E-state index contributed by atoms with van der Waals surface area (Å²) >= 11 is 0. The fourth-order valence-corrected chi connectivity index (χ4v) is 4.96. The number of carbonyl (C=O) groups is 1. The summed E-state index contributed by atoms with van der Waals surface area (Å²) in [6.45, 7) is 8.16. The fourth-order valence-electron chi connectivity index (χ4n) is 4.96. The van der Waals surface area contributed by atoms with Crippen molar-refractivity contribution in [2.75, 3.05) is 7.11 Å². The summed E-state index contributed by atoms with van der Waals surface area (Å²) < 4.78 is 15.3. The molecule has 2 fully saturated rings. The van der Waals surface area contributed by atoms with Crippen LogP contribution in [0.15, 0.2) is 24.8 Å². The second-order valence-electron chi connectivity index (χ2n) is 10.6. The van der Waals surface area contributed by atoms with E-state index in [-0.39, 0.29) is 17.7 Å². The van der Waals surface area contributed by atoms with Crippen LogP contribution in [0, 0.1) is 0 Å². The smallest absolute Gasteiger partial charge is 0.410 e. The van der Waals surface area contributed by atoms with Gasteiger partial charge in [0.05, 0.1) is 31.4 Å². The zero-order chi connectivity index (χ0) is 23.5. The lowest BCUT2D eigenvalue weighted by molar-refractivity contribution is -0.0754. The Morgan fingerprint density at radius 1 is 1.18 bits per heavy atom. The third kappa shape index (κ3) is 3.94. The van der Waals surface area contributed by atoms with Crippen molar-refractivity contribution in [1.82, 2.24) is 29.3 Å². The predicted octanol–water partition coefficient (Wildman–Crippen LogP) is 4.17. The van der Waals surface area contributed by atoms with Crippen LogP contribution in [0.4, 0.5) is 4.79 Å². The molecule has 0 spiro atoms. The lowest BCUT2D eigenvalue weighted by Crippen LogP contribution is -2.62. The molecule has 0 aliphatic heterocycles. The number of hydrogen-bond acceptors (Lipinski definition) is 6. The molecular formula is C24H32N6O3. The van der Waals surface area contributed by atoms with Gasteiger partial charge < -0.3 is 14.4 Å². The number of rotatable bonds is 5. The highest BCUT2D eigenvalue weighted by molar-refractivity contribution is 5.70. The molecule has 2 aliphatic carbocycles. The Balaban J connectivity index is 1.47. The van der Waals surface area contributed by atoms with Gasteiger partial charge in [0.25, 0.3) is 0 Å². The van der Waals surface area contributed by atoms with Crippen molar-refractivity contribution in [3.63, 3.8) is 0 Å². The van der Waals surface area contributed by atoms with Gasteiger partial charge in [-0.25, -0.2) is 14.3 Å². The maximum Gasteiger partial charge on any atom is 0.410 e. The van der Waals surface area contributed by atoms with E-state index < -0.39 is 5.60 Å². The largest absolute Gasteiger partial charge is 0.470 e. The molecular weight excluding hydrogens is 420 g/mol. The Morgan fingerprint density at radius 3 is 2.48 bits per heavy atom. The number of amides is 1. The number of aryl methyl sites for hydroxylation is 1. The number of aromatic nitrogens is 5. The van der Waals surface area contributed by atoms with Crippen molar-refractivity contribution in [3.8, 4) is 17.1 Å². The molecule has 2 saturated carbocycles. The normalized spacial score (nSPS) is 22.8. The molecule has 0 aromatic carbocycles. The average Bonchev–Trinajstić information content (AvgIpc) is 3.32. The van der Waals surface area contributed by atoms with E-state index in [4.69, 9.17) is 14.5 Å². The molecule has 0 saturated heterocycles. The molecule has 9 nitrogen and oxygen atoms in total. The Labute approximate surface area is 193 Å². The summed E-state index contributed by atoms with van der Waals surface area (Å²) in [5.74, 6) is 1.12. The van der Waals surface area contributed by atoms with Gasteiger partial charge >= 0.3 is 6.09 Å². The molecule has 0 unspecified atom stereocenters. The minimum atomic E-state index is -0.436. The molecule has 33 heavy (non-hydrogen) atoms. The van der Waals surface area contributed by atoms with E-state index >= 15 is 0 Å². The first kappa shape index (κ1) is 21.7. The molecule has 0 atom stereocenters. The first-order valence-electron chi connectivity index (χ1n) is 11.5. The van der Waals surface area contributed by atoms with Crippen LogP contribution in [-0.2, 0) is 11.8 Å². The van der Waals surface area contributed by atoms with Crippen molar-refractivity contribution >= 4 is 11.6 Å². The topological polar surface area (TPSA) is 86.8 Å². The Morgan fingerprint density at radius 2 is 1.91 bits per heavy atom. The standard InChI is InChI=1S/C24H32N6O3/c1-23(2,3)30(22(31)32-6)17-9-24(4,10-17)33-21-20-18(15-7-8-15)12-26-29(20)14-19(27-21)16-11-25-28(5)13-16/h11-15,17H,7-10H2,1-6H3. The first-order chi connectivity index (χ1) is 15.6. The van der Waals surface area contributed by atoms with E-state index in [2.05, 4.69) is 17.1 Å². The lowest BCUT2D eigenvalue weighted by Gasteiger charge is -2.52. The predicted molar refractivity (Wildman–Crippen MR) is 123 cm³/mol. The van der Waals surface area contributed by atoms with Gasteiger partial charge in [-0.2, -0.15) is 10.2 Å². The molecule has 2 aliphatic rings. The van der Waals surface area contributed by atoms with Crippen molar-refractivity contribution in [2.24, 2.45) is 7.05 Å². The zero-order valence-corrected chi connectivity index (χ0v) is 20.2. The number of nitrogens with zero attached hydrogens (tertiary/aromatic N) is 6. The quantitative estimate of drug-likeness (QED) is 0.577. The minimum Gasteiger partial charge on any atom is -0.470 e. The monoisotopic (exact) mass is 452 g/mol. The second kappa shape index (κ2) is 7.46. The molecule has 3 heterocycles. The van der Waals surface area contributed by atoms with Crippen LogP contribution in [0.25, 0.3) is 16.8 Å². The highest BCUT2D eigenvalue weighted by atomic mass is 16.5. The molecule has 0 N–H and O–H groups in total. The molecule has 0 radical (unpaired) electrons. The maximum atomic E-state index is 12.5. The highest BCUT2D eigenvalue weighted by Crippen LogP contribution is 2.46. The Hall–Kier alpha value is -3.10. The van der Waals surface area contributed by atoms with Gasteiger partial charge in [0.15, 0.2) is 0 Å². The first-order valence-corrected chi connectivity index (χ1v) is 11.5. The summed E-state index contributed by atoms with van der Waals surface area (Å²) in [6.07, 6.45) is 11.1. The summed E-state index contributed by atoms with van der Waals surface area (Å²) in [5.41, 5.74) is 3.04. The van der Waals surface area contributed by atoms with Gasteiger partial charge in [-0.15, -0.1) is 0 Å². The van der Waals surface area contributed by atoms with Crippen LogP contribution in [-0.4, -0.2) is 59.7 Å². The Kier molecular flexibility index (Phi) is 4.91. The maximum absolute atomic E-state index is 12.5. The number of methoxy groups -OCH3 is 1. The van der Waals surface area contributed by atoms with E-state index in [1.54, 1.807) is 10.9 Å². The van der Waals surface area contributed by atoms with Crippen molar-refractivity contribution in [2.45, 2.75) is 76.5 Å². The summed E-state index contributed by atoms with van der Waals surface area (Å²) in [7, 11) is 3.31. The average molecular weight is 453 g/mol. The van der Waals surface area contributed by atoms with E-state index in [0.29, 0.717) is 24.6 Å². The van der Waals surface area contributed by atoms with Crippen LogP contribution < -0.4 is 4.74 Å². The van der Waals surface area contributed by atoms with Crippen LogP contribution in [0.1, 0.15) is 64.9 Å². The molecule has 3 aromatic rings. The van der Waals surface area contributed by atoms with E-state index in [1.165, 1.54) is 25.5 Å². The SMILES string of the molecule is COC(=O)N(C1CC(C)(Oc2nc(-c3cnn(C)c3)cn3ncc(C4CC4)c23)C1)C(C)(C)C. The number of ether oxygens (including phenoxy) is 2. The van der Waals surface area contributed by atoms with E-state index in [0.717, 1.165) is 16.8 Å². The molecule has 1 amide bonds. The van der Waals surface area contributed by atoms with Crippen LogP contribution in [0.2, 0.25) is 0 Å². The van der Waals surface area contributed by atoms with Gasteiger partial charge in [-0.05, 0) is 46.5 Å². The van der Waals surface area contributed by atoms with Crippen molar-refractivity contribution in [1.29, 1.82) is 0 Å². The van der Waals surface area contributed by atoms with Gasteiger partial charge in [-0.3, -0.25) is 4.68 Å². The number of hydrogen-bond donors (Lipinski definition) is 0. The van der Waals surface area contributed by atoms with E-state index in [1.807, 2.05) is 55.8 Å². The third-order valence-corrected chi connectivity index (χ3v) is 6.65. The van der Waals surface area contributed by atoms with Crippen LogP contribution in [0.3, 0.4) is 0 Å². The second-order valence-corrected chi connectivity index (χ2v) is 10.6. The van der Waals surface area contributed by atoms with Gasteiger partial charge in [0.1, 0.15) is 11.1 Å². The molecule has 0 bridgehead atoms. The molecule has 3 aromatic heterocycles. The van der Waals surface area contributed by atoms with Crippen LogP contribution in [0.5, 0.6) is 5.88 Å². The fraction of sp³-hybridized carbons (Fsp3) is 0.583. The van der Waals surface area contributed by atoms with Gasteiger partial charge in [0, 0.05) is 48.8 Å². The Bertz CT molecular complexity index is 1200. The zero-order valence-electron chi connectivity index (χ0n) is 20.2.